The van der Waals surface area contributed by atoms with Gasteiger partial charge in [-0.2, -0.15) is 4.31 Å². The van der Waals surface area contributed by atoms with Crippen LogP contribution in [0.1, 0.15) is 55.3 Å². The highest BCUT2D eigenvalue weighted by molar-refractivity contribution is 7.89. The molecule has 1 saturated carbocycles. The average molecular weight is 454 g/mol. The van der Waals surface area contributed by atoms with Crippen molar-refractivity contribution in [1.29, 1.82) is 0 Å². The van der Waals surface area contributed by atoms with Gasteiger partial charge in [0, 0.05) is 43.8 Å². The molecule has 0 aromatic heterocycles. The summed E-state index contributed by atoms with van der Waals surface area (Å²) in [5.41, 5.74) is 0.0782. The van der Waals surface area contributed by atoms with E-state index in [0.29, 0.717) is 32.8 Å². The smallest absolute Gasteiger partial charge is 0.251 e. The maximum Gasteiger partial charge on any atom is 0.251 e. The molecule has 7 nitrogen and oxygen atoms in total. The molecule has 0 unspecified atom stereocenters. The second-order valence-corrected chi connectivity index (χ2v) is 10.7. The van der Waals surface area contributed by atoms with Crippen LogP contribution in [0.3, 0.4) is 0 Å². The molecule has 172 valence electrons. The molecule has 0 atom stereocenters. The molecule has 2 aliphatic heterocycles. The Kier molecular flexibility index (Phi) is 6.95. The first-order valence-corrected chi connectivity index (χ1v) is 12.8. The number of halogens is 1. The van der Waals surface area contributed by atoms with Gasteiger partial charge in [-0.1, -0.05) is 19.3 Å². The van der Waals surface area contributed by atoms with E-state index in [9.17, 15) is 17.6 Å². The Balaban J connectivity index is 1.50. The predicted octanol–water partition coefficient (Wildman–Crippen LogP) is 2.38. The van der Waals surface area contributed by atoms with E-state index in [0.717, 1.165) is 57.7 Å². The lowest BCUT2D eigenvalue weighted by molar-refractivity contribution is -0.0361. The first-order chi connectivity index (χ1) is 14.9. The lowest BCUT2D eigenvalue weighted by Crippen LogP contribution is -2.59. The van der Waals surface area contributed by atoms with Crippen molar-refractivity contribution in [2.45, 2.75) is 55.4 Å². The summed E-state index contributed by atoms with van der Waals surface area (Å²) in [4.78, 5) is 15.0. The molecule has 0 bridgehead atoms. The summed E-state index contributed by atoms with van der Waals surface area (Å²) in [5, 5.41) is 3.02. The minimum atomic E-state index is -3.93. The molecule has 9 heteroatoms. The summed E-state index contributed by atoms with van der Waals surface area (Å²) in [5.74, 6) is -1.18. The molecular weight excluding hydrogens is 421 g/mol. The van der Waals surface area contributed by atoms with E-state index in [1.165, 1.54) is 22.9 Å². The molecule has 1 N–H and O–H groups in total. The molecule has 1 aromatic carbocycles. The van der Waals surface area contributed by atoms with Crippen molar-refractivity contribution in [3.05, 3.63) is 29.6 Å². The minimum Gasteiger partial charge on any atom is -0.379 e. The topological polar surface area (TPSA) is 79.0 Å². The van der Waals surface area contributed by atoms with E-state index in [4.69, 9.17) is 4.74 Å². The quantitative estimate of drug-likeness (QED) is 0.716. The number of hydrogen-bond donors (Lipinski definition) is 1. The number of hydrogen-bond acceptors (Lipinski definition) is 5. The van der Waals surface area contributed by atoms with Crippen LogP contribution in [0, 0.1) is 5.82 Å². The van der Waals surface area contributed by atoms with E-state index in [-0.39, 0.29) is 17.0 Å². The number of nitrogens with one attached hydrogen (secondary N) is 1. The van der Waals surface area contributed by atoms with E-state index < -0.39 is 20.7 Å². The van der Waals surface area contributed by atoms with E-state index >= 15 is 0 Å². The van der Waals surface area contributed by atoms with Gasteiger partial charge in [0.25, 0.3) is 5.91 Å². The van der Waals surface area contributed by atoms with E-state index in [1.807, 2.05) is 0 Å². The van der Waals surface area contributed by atoms with Crippen LogP contribution in [-0.2, 0) is 14.8 Å². The Morgan fingerprint density at radius 2 is 1.71 bits per heavy atom. The molecular formula is C22H32FN3O4S. The Bertz CT molecular complexity index is 890. The molecule has 4 rings (SSSR count). The van der Waals surface area contributed by atoms with Crippen molar-refractivity contribution in [3.63, 3.8) is 0 Å². The molecule has 1 aromatic rings. The molecule has 31 heavy (non-hydrogen) atoms. The van der Waals surface area contributed by atoms with Crippen molar-refractivity contribution in [2.24, 2.45) is 0 Å². The SMILES string of the molecule is O=C(NCC1(N2CCOCC2)CCCCC1)c1ccc(F)c(S(=O)(=O)N2CCCC2)c1. The van der Waals surface area contributed by atoms with Crippen LogP contribution in [0.5, 0.6) is 0 Å². The molecule has 2 saturated heterocycles. The van der Waals surface area contributed by atoms with Crippen LogP contribution in [0.25, 0.3) is 0 Å². The van der Waals surface area contributed by atoms with Crippen LogP contribution in [-0.4, -0.2) is 75.0 Å². The highest BCUT2D eigenvalue weighted by Crippen LogP contribution is 2.34. The van der Waals surface area contributed by atoms with Crippen molar-refractivity contribution in [1.82, 2.24) is 14.5 Å². The molecule has 3 aliphatic rings. The van der Waals surface area contributed by atoms with Crippen LogP contribution >= 0.6 is 0 Å². The number of benzene rings is 1. The second-order valence-electron chi connectivity index (χ2n) is 8.82. The molecule has 2 heterocycles. The van der Waals surface area contributed by atoms with Gasteiger partial charge >= 0.3 is 0 Å². The lowest BCUT2D eigenvalue weighted by Gasteiger charge is -2.48. The zero-order valence-electron chi connectivity index (χ0n) is 17.9. The molecule has 1 amide bonds. The largest absolute Gasteiger partial charge is 0.379 e. The van der Waals surface area contributed by atoms with Crippen molar-refractivity contribution >= 4 is 15.9 Å². The van der Waals surface area contributed by atoms with Crippen LogP contribution in [0.15, 0.2) is 23.1 Å². The maximum atomic E-state index is 14.4. The van der Waals surface area contributed by atoms with Gasteiger partial charge in [-0.15, -0.1) is 0 Å². The van der Waals surface area contributed by atoms with Gasteiger partial charge in [0.1, 0.15) is 10.7 Å². The normalized spacial score (nSPS) is 23.0. The number of ether oxygens (including phenoxy) is 1. The first kappa shape index (κ1) is 22.6. The zero-order chi connectivity index (χ0) is 21.9. The number of rotatable bonds is 6. The fourth-order valence-electron chi connectivity index (χ4n) is 5.11. The summed E-state index contributed by atoms with van der Waals surface area (Å²) in [6.45, 7) is 4.38. The van der Waals surface area contributed by atoms with Gasteiger partial charge in [0.2, 0.25) is 10.0 Å². The maximum absolute atomic E-state index is 14.4. The second kappa shape index (κ2) is 9.52. The number of amides is 1. The Hall–Kier alpha value is -1.55. The summed E-state index contributed by atoms with van der Waals surface area (Å²) < 4.78 is 46.9. The fourth-order valence-corrected chi connectivity index (χ4v) is 6.72. The molecule has 0 radical (unpaired) electrons. The highest BCUT2D eigenvalue weighted by atomic mass is 32.2. The molecule has 0 spiro atoms. The highest BCUT2D eigenvalue weighted by Gasteiger charge is 2.39. The fraction of sp³-hybridized carbons (Fsp3) is 0.682. The number of carbonyl (C=O) groups is 1. The van der Waals surface area contributed by atoms with Crippen molar-refractivity contribution in [3.8, 4) is 0 Å². The van der Waals surface area contributed by atoms with Crippen LogP contribution < -0.4 is 5.32 Å². The number of nitrogens with zero attached hydrogens (tertiary/aromatic N) is 2. The van der Waals surface area contributed by atoms with Gasteiger partial charge in [-0.05, 0) is 43.9 Å². The first-order valence-electron chi connectivity index (χ1n) is 11.3. The van der Waals surface area contributed by atoms with Crippen molar-refractivity contribution in [2.75, 3.05) is 45.9 Å². The zero-order valence-corrected chi connectivity index (χ0v) is 18.8. The van der Waals surface area contributed by atoms with Gasteiger partial charge in [-0.25, -0.2) is 12.8 Å². The number of carbonyl (C=O) groups excluding carboxylic acids is 1. The number of sulfonamides is 1. The summed E-state index contributed by atoms with van der Waals surface area (Å²) >= 11 is 0. The Labute approximate surface area is 184 Å². The number of morpholine rings is 1. The van der Waals surface area contributed by atoms with Crippen LogP contribution in [0.2, 0.25) is 0 Å². The van der Waals surface area contributed by atoms with E-state index in [2.05, 4.69) is 10.2 Å². The van der Waals surface area contributed by atoms with Crippen LogP contribution in [0.4, 0.5) is 4.39 Å². The summed E-state index contributed by atoms with van der Waals surface area (Å²) in [6.07, 6.45) is 7.03. The van der Waals surface area contributed by atoms with Gasteiger partial charge in [0.15, 0.2) is 0 Å². The van der Waals surface area contributed by atoms with Gasteiger partial charge in [0.05, 0.1) is 13.2 Å². The molecule has 1 aliphatic carbocycles. The summed E-state index contributed by atoms with van der Waals surface area (Å²) in [7, 11) is -3.93. The Morgan fingerprint density at radius 3 is 2.39 bits per heavy atom. The lowest BCUT2D eigenvalue weighted by atomic mass is 9.79. The predicted molar refractivity (Wildman–Crippen MR) is 115 cm³/mol. The third-order valence-electron chi connectivity index (χ3n) is 6.92. The Morgan fingerprint density at radius 1 is 1.03 bits per heavy atom. The molecule has 3 fully saturated rings. The monoisotopic (exact) mass is 453 g/mol. The minimum absolute atomic E-state index is 0.0951. The van der Waals surface area contributed by atoms with Gasteiger partial charge in [-0.3, -0.25) is 9.69 Å². The van der Waals surface area contributed by atoms with E-state index in [1.54, 1.807) is 0 Å². The summed E-state index contributed by atoms with van der Waals surface area (Å²) in [6, 6.07) is 3.62. The standard InChI is InChI=1S/C22H32FN3O4S/c23-19-7-6-18(16-20(19)31(28,29)26-10-4-5-11-26)21(27)24-17-22(8-2-1-3-9-22)25-12-14-30-15-13-25/h6-7,16H,1-5,8-15,17H2,(H,24,27). The third-order valence-corrected chi connectivity index (χ3v) is 8.83. The van der Waals surface area contributed by atoms with Crippen molar-refractivity contribution < 1.29 is 22.3 Å². The third kappa shape index (κ3) is 4.79. The van der Waals surface area contributed by atoms with Gasteiger partial charge < -0.3 is 10.1 Å². The average Bonchev–Trinajstić information content (AvgIpc) is 3.35.